The molecule has 11 heteroatoms. The highest BCUT2D eigenvalue weighted by molar-refractivity contribution is 6.42. The van der Waals surface area contributed by atoms with E-state index >= 15 is 0 Å². The molecule has 3 rings (SSSR count). The van der Waals surface area contributed by atoms with Crippen molar-refractivity contribution in [1.29, 1.82) is 0 Å². The number of rotatable bonds is 5. The Balaban J connectivity index is 1.77. The number of nitro groups is 1. The highest BCUT2D eigenvalue weighted by Crippen LogP contribution is 2.33. The van der Waals surface area contributed by atoms with Crippen LogP contribution in [0.4, 0.5) is 16.2 Å². The lowest BCUT2D eigenvalue weighted by Gasteiger charge is -2.22. The highest BCUT2D eigenvalue weighted by atomic mass is 35.5. The molecule has 1 aliphatic heterocycles. The van der Waals surface area contributed by atoms with Crippen LogP contribution in [0.15, 0.2) is 36.4 Å². The summed E-state index contributed by atoms with van der Waals surface area (Å²) in [5.41, 5.74) is -0.558. The van der Waals surface area contributed by atoms with E-state index < -0.39 is 34.9 Å². The van der Waals surface area contributed by atoms with Crippen molar-refractivity contribution in [3.05, 3.63) is 67.7 Å². The van der Waals surface area contributed by atoms with Crippen molar-refractivity contribution in [2.45, 2.75) is 19.4 Å². The largest absolute Gasteiger partial charge is 0.325 e. The fourth-order valence-corrected chi connectivity index (χ4v) is 3.37. The van der Waals surface area contributed by atoms with Gasteiger partial charge in [0.25, 0.3) is 11.6 Å². The molecule has 30 heavy (non-hydrogen) atoms. The number of nitro benzene ring substituents is 1. The first-order valence-electron chi connectivity index (χ1n) is 8.67. The molecule has 4 amide bonds. The number of urea groups is 1. The van der Waals surface area contributed by atoms with E-state index in [1.165, 1.54) is 37.3 Å². The van der Waals surface area contributed by atoms with E-state index in [9.17, 15) is 24.5 Å². The van der Waals surface area contributed by atoms with Crippen LogP contribution in [0.1, 0.15) is 18.1 Å². The molecule has 0 aromatic heterocycles. The fraction of sp³-hybridized carbons (Fsp3) is 0.211. The van der Waals surface area contributed by atoms with Crippen molar-refractivity contribution in [3.8, 4) is 0 Å². The molecule has 0 radical (unpaired) electrons. The third-order valence-electron chi connectivity index (χ3n) is 4.76. The monoisotopic (exact) mass is 450 g/mol. The van der Waals surface area contributed by atoms with Gasteiger partial charge in [-0.1, -0.05) is 35.3 Å². The number of carbonyl (C=O) groups is 3. The SMILES string of the molecule is Cc1ccc(NC(=O)CN2C(=O)NC(C)(c3ccc(Cl)c(Cl)c3)C2=O)cc1[N+](=O)[O-]. The predicted molar refractivity (Wildman–Crippen MR) is 111 cm³/mol. The zero-order chi connectivity index (χ0) is 22.2. The van der Waals surface area contributed by atoms with Crippen molar-refractivity contribution in [2.24, 2.45) is 0 Å². The third kappa shape index (κ3) is 3.94. The van der Waals surface area contributed by atoms with Crippen molar-refractivity contribution in [1.82, 2.24) is 10.2 Å². The van der Waals surface area contributed by atoms with Crippen molar-refractivity contribution >= 4 is 52.4 Å². The van der Waals surface area contributed by atoms with Crippen LogP contribution in [-0.4, -0.2) is 34.2 Å². The number of hydrogen-bond donors (Lipinski definition) is 2. The van der Waals surface area contributed by atoms with Crippen LogP contribution in [-0.2, 0) is 15.1 Å². The number of amides is 4. The number of imide groups is 1. The van der Waals surface area contributed by atoms with E-state index in [4.69, 9.17) is 23.2 Å². The second kappa shape index (κ2) is 7.92. The maximum absolute atomic E-state index is 12.9. The molecular weight excluding hydrogens is 435 g/mol. The number of nitrogens with zero attached hydrogens (tertiary/aromatic N) is 2. The summed E-state index contributed by atoms with van der Waals surface area (Å²) in [5.74, 6) is -1.33. The Morgan fingerprint density at radius 1 is 1.20 bits per heavy atom. The average molecular weight is 451 g/mol. The molecule has 1 saturated heterocycles. The zero-order valence-corrected chi connectivity index (χ0v) is 17.4. The van der Waals surface area contributed by atoms with Gasteiger partial charge in [0.15, 0.2) is 0 Å². The molecule has 156 valence electrons. The van der Waals surface area contributed by atoms with Gasteiger partial charge in [0.1, 0.15) is 12.1 Å². The molecule has 0 spiro atoms. The summed E-state index contributed by atoms with van der Waals surface area (Å²) in [6, 6.07) is 7.97. The van der Waals surface area contributed by atoms with Gasteiger partial charge in [0, 0.05) is 17.3 Å². The number of halogens is 2. The second-order valence-electron chi connectivity index (χ2n) is 6.88. The highest BCUT2D eigenvalue weighted by Gasteiger charge is 2.49. The van der Waals surface area contributed by atoms with Gasteiger partial charge in [-0.25, -0.2) is 4.79 Å². The van der Waals surface area contributed by atoms with E-state index in [1.807, 2.05) is 0 Å². The molecule has 0 aliphatic carbocycles. The molecule has 1 heterocycles. The predicted octanol–water partition coefficient (Wildman–Crippen LogP) is 3.62. The van der Waals surface area contributed by atoms with Crippen LogP contribution in [0, 0.1) is 17.0 Å². The smallest absolute Gasteiger partial charge is 0.324 e. The van der Waals surface area contributed by atoms with Gasteiger partial charge >= 0.3 is 6.03 Å². The minimum Gasteiger partial charge on any atom is -0.324 e. The number of hydrogen-bond acceptors (Lipinski definition) is 5. The number of nitrogens with one attached hydrogen (secondary N) is 2. The van der Waals surface area contributed by atoms with E-state index in [0.717, 1.165) is 4.90 Å². The lowest BCUT2D eigenvalue weighted by molar-refractivity contribution is -0.385. The van der Waals surface area contributed by atoms with Crippen LogP contribution in [0.2, 0.25) is 10.0 Å². The zero-order valence-electron chi connectivity index (χ0n) is 15.9. The Labute approximate surface area is 181 Å². The maximum atomic E-state index is 12.9. The van der Waals surface area contributed by atoms with Gasteiger partial charge in [-0.2, -0.15) is 0 Å². The summed E-state index contributed by atoms with van der Waals surface area (Å²) in [5, 5.41) is 16.6. The first kappa shape index (κ1) is 21.5. The maximum Gasteiger partial charge on any atom is 0.325 e. The quantitative estimate of drug-likeness (QED) is 0.409. The molecule has 2 N–H and O–H groups in total. The van der Waals surface area contributed by atoms with Crippen molar-refractivity contribution < 1.29 is 19.3 Å². The summed E-state index contributed by atoms with van der Waals surface area (Å²) in [6.07, 6.45) is 0. The van der Waals surface area contributed by atoms with Crippen LogP contribution in [0.25, 0.3) is 0 Å². The van der Waals surface area contributed by atoms with Gasteiger partial charge < -0.3 is 10.6 Å². The van der Waals surface area contributed by atoms with Crippen molar-refractivity contribution in [3.63, 3.8) is 0 Å². The summed E-state index contributed by atoms with van der Waals surface area (Å²) >= 11 is 11.9. The van der Waals surface area contributed by atoms with Crippen LogP contribution >= 0.6 is 23.2 Å². The fourth-order valence-electron chi connectivity index (χ4n) is 3.07. The standard InChI is InChI=1S/C19H16Cl2N4O5/c1-10-3-5-12(8-15(10)25(29)30)22-16(26)9-24-17(27)19(2,23-18(24)28)11-4-6-13(20)14(21)7-11/h3-8H,9H2,1-2H3,(H,22,26)(H,23,28). The van der Waals surface area contributed by atoms with Crippen LogP contribution in [0.5, 0.6) is 0 Å². The summed E-state index contributed by atoms with van der Waals surface area (Å²) in [4.78, 5) is 48.9. The number of benzene rings is 2. The Morgan fingerprint density at radius 2 is 1.90 bits per heavy atom. The third-order valence-corrected chi connectivity index (χ3v) is 5.50. The number of carbonyl (C=O) groups excluding carboxylic acids is 3. The second-order valence-corrected chi connectivity index (χ2v) is 7.70. The lowest BCUT2D eigenvalue weighted by atomic mass is 9.92. The molecule has 0 saturated carbocycles. The summed E-state index contributed by atoms with van der Waals surface area (Å²) in [6.45, 7) is 2.50. The van der Waals surface area contributed by atoms with Gasteiger partial charge in [0.05, 0.1) is 15.0 Å². The lowest BCUT2D eigenvalue weighted by Crippen LogP contribution is -2.42. The van der Waals surface area contributed by atoms with E-state index in [-0.39, 0.29) is 16.4 Å². The Bertz CT molecular complexity index is 1090. The van der Waals surface area contributed by atoms with Crippen molar-refractivity contribution in [2.75, 3.05) is 11.9 Å². The minimum absolute atomic E-state index is 0.157. The molecule has 1 atom stereocenters. The minimum atomic E-state index is -1.42. The topological polar surface area (TPSA) is 122 Å². The molecule has 0 bridgehead atoms. The molecule has 9 nitrogen and oxygen atoms in total. The van der Waals surface area contributed by atoms with E-state index in [0.29, 0.717) is 16.1 Å². The molecule has 1 aliphatic rings. The molecule has 2 aromatic carbocycles. The summed E-state index contributed by atoms with van der Waals surface area (Å²) < 4.78 is 0. The van der Waals surface area contributed by atoms with Gasteiger partial charge in [-0.05, 0) is 37.6 Å². The van der Waals surface area contributed by atoms with Gasteiger partial charge in [-0.15, -0.1) is 0 Å². The van der Waals surface area contributed by atoms with Gasteiger partial charge in [0.2, 0.25) is 5.91 Å². The number of aryl methyl sites for hydroxylation is 1. The number of anilines is 1. The molecular formula is C19H16Cl2N4O5. The van der Waals surface area contributed by atoms with Crippen LogP contribution in [0.3, 0.4) is 0 Å². The first-order chi connectivity index (χ1) is 14.0. The molecule has 1 unspecified atom stereocenters. The van der Waals surface area contributed by atoms with E-state index in [2.05, 4.69) is 10.6 Å². The van der Waals surface area contributed by atoms with Gasteiger partial charge in [-0.3, -0.25) is 24.6 Å². The Hall–Kier alpha value is -3.17. The normalized spacial score (nSPS) is 18.3. The molecule has 1 fully saturated rings. The van der Waals surface area contributed by atoms with Crippen LogP contribution < -0.4 is 10.6 Å². The Kier molecular flexibility index (Phi) is 5.69. The first-order valence-corrected chi connectivity index (χ1v) is 9.43. The average Bonchev–Trinajstić information content (AvgIpc) is 2.89. The Morgan fingerprint density at radius 3 is 2.53 bits per heavy atom. The summed E-state index contributed by atoms with van der Waals surface area (Å²) in [7, 11) is 0. The van der Waals surface area contributed by atoms with E-state index in [1.54, 1.807) is 13.0 Å². The molecule has 2 aromatic rings.